The van der Waals surface area contributed by atoms with Crippen LogP contribution in [0.15, 0.2) is 44.6 Å². The lowest BCUT2D eigenvalue weighted by Crippen LogP contribution is -2.00. The molecular weight excluding hydrogens is 264 g/mol. The fraction of sp³-hybridized carbons (Fsp3) is 0.636. The number of hydrogen-bond acceptors (Lipinski definition) is 0. The first-order chi connectivity index (χ1) is 10.7. The van der Waals surface area contributed by atoms with Crippen LogP contribution in [-0.2, 0) is 0 Å². The van der Waals surface area contributed by atoms with E-state index in [1.54, 1.807) is 44.6 Å². The van der Waals surface area contributed by atoms with Gasteiger partial charge in [0.2, 0.25) is 0 Å². The highest BCUT2D eigenvalue weighted by Gasteiger charge is 2.27. The van der Waals surface area contributed by atoms with Gasteiger partial charge in [0, 0.05) is 0 Å². The van der Waals surface area contributed by atoms with Gasteiger partial charge >= 0.3 is 0 Å². The Morgan fingerprint density at radius 2 is 1.00 bits per heavy atom. The molecule has 0 fully saturated rings. The Balaban J connectivity index is 1.51. The molecule has 0 aliphatic heterocycles. The van der Waals surface area contributed by atoms with Gasteiger partial charge in [0.25, 0.3) is 0 Å². The van der Waals surface area contributed by atoms with Gasteiger partial charge in [0.15, 0.2) is 0 Å². The lowest BCUT2D eigenvalue weighted by atomic mass is 9.86. The second kappa shape index (κ2) is 5.87. The maximum Gasteiger partial charge on any atom is -0.00994 e. The normalized spacial score (nSPS) is 25.4. The molecule has 0 unspecified atom stereocenters. The predicted octanol–water partition coefficient (Wildman–Crippen LogP) is 6.95. The molecule has 0 radical (unpaired) electrons. The van der Waals surface area contributed by atoms with Gasteiger partial charge in [-0.1, -0.05) is 22.3 Å². The Morgan fingerprint density at radius 3 is 1.45 bits per heavy atom. The first kappa shape index (κ1) is 14.5. The largest absolute Gasteiger partial charge is 0.0658 e. The number of hydrogen-bond donors (Lipinski definition) is 0. The summed E-state index contributed by atoms with van der Waals surface area (Å²) in [7, 11) is 0. The van der Waals surface area contributed by atoms with Crippen LogP contribution < -0.4 is 0 Å². The first-order valence-electron chi connectivity index (χ1n) is 9.54. The van der Waals surface area contributed by atoms with Crippen molar-refractivity contribution in [2.75, 3.05) is 0 Å². The molecule has 22 heavy (non-hydrogen) atoms. The third-order valence-corrected chi connectivity index (χ3v) is 6.51. The van der Waals surface area contributed by atoms with Crippen LogP contribution in [0.4, 0.5) is 0 Å². The van der Waals surface area contributed by atoms with Crippen molar-refractivity contribution >= 4 is 0 Å². The van der Waals surface area contributed by atoms with E-state index in [1.807, 2.05) is 0 Å². The smallest absolute Gasteiger partial charge is 0.00994 e. The van der Waals surface area contributed by atoms with Crippen LogP contribution in [-0.4, -0.2) is 0 Å². The molecule has 0 saturated heterocycles. The van der Waals surface area contributed by atoms with E-state index < -0.39 is 0 Å². The fourth-order valence-electron chi connectivity index (χ4n) is 5.40. The summed E-state index contributed by atoms with van der Waals surface area (Å²) < 4.78 is 0. The molecule has 0 amide bonds. The molecule has 0 N–H and O–H groups in total. The Morgan fingerprint density at radius 1 is 0.591 bits per heavy atom. The third-order valence-electron chi connectivity index (χ3n) is 6.51. The summed E-state index contributed by atoms with van der Waals surface area (Å²) in [5, 5.41) is 0. The molecule has 4 aliphatic rings. The molecule has 0 aromatic rings. The molecule has 0 spiro atoms. The van der Waals surface area contributed by atoms with E-state index >= 15 is 0 Å². The number of rotatable bonds is 3. The highest BCUT2D eigenvalue weighted by molar-refractivity contribution is 5.51. The van der Waals surface area contributed by atoms with Gasteiger partial charge in [-0.05, 0) is 113 Å². The molecule has 0 bridgehead atoms. The van der Waals surface area contributed by atoms with Crippen LogP contribution in [0.2, 0.25) is 0 Å². The van der Waals surface area contributed by atoms with Gasteiger partial charge in [-0.2, -0.15) is 0 Å². The molecule has 0 aromatic heterocycles. The SMILES string of the molecule is CC1=C(CCC2=C(C)CC3=C2CCCC3)C2=C(CCCC2)C1. The zero-order chi connectivity index (χ0) is 15.1. The monoisotopic (exact) mass is 294 g/mol. The van der Waals surface area contributed by atoms with E-state index in [4.69, 9.17) is 0 Å². The quantitative estimate of drug-likeness (QED) is 0.528. The van der Waals surface area contributed by atoms with Gasteiger partial charge in [0.05, 0.1) is 0 Å². The fourth-order valence-corrected chi connectivity index (χ4v) is 5.40. The van der Waals surface area contributed by atoms with Gasteiger partial charge in [-0.3, -0.25) is 0 Å². The number of allylic oxidation sites excluding steroid dienone is 8. The molecular formula is C22H30. The van der Waals surface area contributed by atoms with Crippen molar-refractivity contribution in [2.24, 2.45) is 0 Å². The summed E-state index contributed by atoms with van der Waals surface area (Å²) in [6.07, 6.45) is 16.4. The van der Waals surface area contributed by atoms with Crippen LogP contribution in [0.1, 0.15) is 90.9 Å². The summed E-state index contributed by atoms with van der Waals surface area (Å²) in [5.74, 6) is 0. The molecule has 4 rings (SSSR count). The van der Waals surface area contributed by atoms with Crippen molar-refractivity contribution in [3.63, 3.8) is 0 Å². The van der Waals surface area contributed by atoms with Gasteiger partial charge < -0.3 is 0 Å². The van der Waals surface area contributed by atoms with Gasteiger partial charge in [-0.25, -0.2) is 0 Å². The minimum atomic E-state index is 1.30. The van der Waals surface area contributed by atoms with Crippen LogP contribution >= 0.6 is 0 Å². The van der Waals surface area contributed by atoms with Crippen molar-refractivity contribution < 1.29 is 0 Å². The second-order valence-corrected chi connectivity index (χ2v) is 7.95. The average Bonchev–Trinajstić information content (AvgIpc) is 3.01. The van der Waals surface area contributed by atoms with Crippen LogP contribution in [0.25, 0.3) is 0 Å². The molecule has 4 aliphatic carbocycles. The van der Waals surface area contributed by atoms with Crippen LogP contribution in [0.5, 0.6) is 0 Å². The van der Waals surface area contributed by atoms with Gasteiger partial charge in [-0.15, -0.1) is 0 Å². The third kappa shape index (κ3) is 2.45. The van der Waals surface area contributed by atoms with Crippen molar-refractivity contribution in [1.29, 1.82) is 0 Å². The van der Waals surface area contributed by atoms with Crippen molar-refractivity contribution in [3.05, 3.63) is 44.6 Å². The Kier molecular flexibility index (Phi) is 3.88. The predicted molar refractivity (Wildman–Crippen MR) is 94.9 cm³/mol. The highest BCUT2D eigenvalue weighted by atomic mass is 14.3. The van der Waals surface area contributed by atoms with Crippen molar-refractivity contribution in [2.45, 2.75) is 90.9 Å². The molecule has 0 heteroatoms. The summed E-state index contributed by atoms with van der Waals surface area (Å²) in [5.41, 5.74) is 14.1. The topological polar surface area (TPSA) is 0 Å². The minimum absolute atomic E-state index is 1.30. The zero-order valence-electron chi connectivity index (χ0n) is 14.5. The minimum Gasteiger partial charge on any atom is -0.0658 e. The first-order valence-corrected chi connectivity index (χ1v) is 9.54. The Labute approximate surface area is 136 Å². The molecule has 0 nitrogen and oxygen atoms in total. The molecule has 118 valence electrons. The molecule has 0 saturated carbocycles. The zero-order valence-corrected chi connectivity index (χ0v) is 14.5. The molecule has 0 atom stereocenters. The molecule has 0 heterocycles. The summed E-state index contributed by atoms with van der Waals surface area (Å²) in [6, 6.07) is 0. The van der Waals surface area contributed by atoms with E-state index in [2.05, 4.69) is 13.8 Å². The second-order valence-electron chi connectivity index (χ2n) is 7.95. The summed E-state index contributed by atoms with van der Waals surface area (Å²) in [4.78, 5) is 0. The lowest BCUT2D eigenvalue weighted by Gasteiger charge is -2.19. The lowest BCUT2D eigenvalue weighted by molar-refractivity contribution is 0.667. The van der Waals surface area contributed by atoms with E-state index in [0.29, 0.717) is 0 Å². The van der Waals surface area contributed by atoms with E-state index in [-0.39, 0.29) is 0 Å². The van der Waals surface area contributed by atoms with E-state index in [0.717, 1.165) is 0 Å². The maximum absolute atomic E-state index is 2.40. The van der Waals surface area contributed by atoms with E-state index in [9.17, 15) is 0 Å². The van der Waals surface area contributed by atoms with Gasteiger partial charge in [0.1, 0.15) is 0 Å². The molecule has 0 aromatic carbocycles. The van der Waals surface area contributed by atoms with Crippen molar-refractivity contribution in [3.8, 4) is 0 Å². The highest BCUT2D eigenvalue weighted by Crippen LogP contribution is 2.46. The van der Waals surface area contributed by atoms with E-state index in [1.165, 1.54) is 77.0 Å². The maximum atomic E-state index is 2.40. The standard InChI is InChI=1S/C22H30/c1-15-13-17-7-3-5-9-21(17)19(15)11-12-20-16(2)14-18-8-4-6-10-22(18)20/h3-14H2,1-2H3. The van der Waals surface area contributed by atoms with Crippen LogP contribution in [0.3, 0.4) is 0 Å². The summed E-state index contributed by atoms with van der Waals surface area (Å²) in [6.45, 7) is 4.80. The summed E-state index contributed by atoms with van der Waals surface area (Å²) >= 11 is 0. The Bertz CT molecular complexity index is 562. The van der Waals surface area contributed by atoms with Crippen molar-refractivity contribution in [1.82, 2.24) is 0 Å². The Hall–Kier alpha value is -1.04. The average molecular weight is 294 g/mol. The van der Waals surface area contributed by atoms with Crippen LogP contribution in [0, 0.1) is 0 Å².